The summed E-state index contributed by atoms with van der Waals surface area (Å²) < 4.78 is 13.6. The van der Waals surface area contributed by atoms with Gasteiger partial charge in [-0.2, -0.15) is 0 Å². The van der Waals surface area contributed by atoms with Crippen LogP contribution in [0, 0.1) is 12.7 Å². The van der Waals surface area contributed by atoms with Gasteiger partial charge in [0.15, 0.2) is 6.67 Å². The van der Waals surface area contributed by atoms with Crippen LogP contribution >= 0.6 is 0 Å². The van der Waals surface area contributed by atoms with Crippen molar-refractivity contribution in [3.05, 3.63) is 65.0 Å². The van der Waals surface area contributed by atoms with Crippen molar-refractivity contribution in [1.29, 1.82) is 0 Å². The van der Waals surface area contributed by atoms with Gasteiger partial charge in [0.05, 0.1) is 11.3 Å². The maximum atomic E-state index is 13.6. The molecule has 27 heavy (non-hydrogen) atoms. The summed E-state index contributed by atoms with van der Waals surface area (Å²) in [4.78, 5) is 28.7. The van der Waals surface area contributed by atoms with E-state index >= 15 is 0 Å². The first-order chi connectivity index (χ1) is 13.0. The second-order valence-corrected chi connectivity index (χ2v) is 7.49. The van der Waals surface area contributed by atoms with Crippen LogP contribution in [0.5, 0.6) is 0 Å². The number of carbonyl (C=O) groups excluding carboxylic acids is 2. The number of nitrogens with one attached hydrogen (secondary N) is 2. The van der Waals surface area contributed by atoms with E-state index in [0.29, 0.717) is 17.9 Å². The molecule has 5 nitrogen and oxygen atoms in total. The maximum absolute atomic E-state index is 13.6. The largest absolute Gasteiger partial charge is 0.322 e. The Hall–Kier alpha value is -2.57. The Morgan fingerprint density at radius 3 is 2.44 bits per heavy atom. The van der Waals surface area contributed by atoms with Gasteiger partial charge in [0.25, 0.3) is 5.78 Å². The summed E-state index contributed by atoms with van der Waals surface area (Å²) in [6.45, 7) is 7.43. The Labute approximate surface area is 158 Å². The molecular formula is C21H24FN3O2+2. The summed E-state index contributed by atoms with van der Waals surface area (Å²) in [5.41, 5.74) is 3.41. The van der Waals surface area contributed by atoms with Gasteiger partial charge < -0.3 is 9.80 Å². The molecule has 0 aromatic heterocycles. The van der Waals surface area contributed by atoms with Crippen LogP contribution in [-0.4, -0.2) is 44.5 Å². The molecule has 2 heterocycles. The van der Waals surface area contributed by atoms with Crippen molar-refractivity contribution in [1.82, 2.24) is 0 Å². The molecule has 6 heteroatoms. The molecule has 0 aliphatic carbocycles. The number of Topliss-reactive ketones (excluding diaryl/α,β-unsaturated/α-hetero) is 1. The third kappa shape index (κ3) is 3.50. The summed E-state index contributed by atoms with van der Waals surface area (Å²) in [6.07, 6.45) is 0. The van der Waals surface area contributed by atoms with Crippen molar-refractivity contribution in [2.45, 2.75) is 13.5 Å². The number of hydrogen-bond donors (Lipinski definition) is 2. The fraction of sp³-hybridized carbons (Fsp3) is 0.333. The van der Waals surface area contributed by atoms with E-state index in [1.807, 2.05) is 0 Å². The average Bonchev–Trinajstić information content (AvgIpc) is 2.89. The van der Waals surface area contributed by atoms with E-state index in [1.165, 1.54) is 44.0 Å². The van der Waals surface area contributed by atoms with Crippen LogP contribution in [0.2, 0.25) is 0 Å². The third-order valence-corrected chi connectivity index (χ3v) is 5.68. The van der Waals surface area contributed by atoms with E-state index in [-0.39, 0.29) is 0 Å². The second kappa shape index (κ2) is 7.21. The summed E-state index contributed by atoms with van der Waals surface area (Å²) in [5.74, 6) is -1.50. The maximum Gasteiger partial charge on any atom is 0.303 e. The molecule has 1 saturated heterocycles. The highest BCUT2D eigenvalue weighted by Gasteiger charge is 2.39. The first-order valence-electron chi connectivity index (χ1n) is 9.40. The number of anilines is 1. The lowest BCUT2D eigenvalue weighted by Crippen LogP contribution is -3.28. The van der Waals surface area contributed by atoms with Crippen LogP contribution in [0.4, 0.5) is 10.1 Å². The normalized spacial score (nSPS) is 22.2. The summed E-state index contributed by atoms with van der Waals surface area (Å²) >= 11 is 0. The number of benzene rings is 2. The lowest BCUT2D eigenvalue weighted by atomic mass is 10.1. The highest BCUT2D eigenvalue weighted by molar-refractivity contribution is 6.52. The highest BCUT2D eigenvalue weighted by Crippen LogP contribution is 2.28. The zero-order valence-electron chi connectivity index (χ0n) is 15.4. The number of rotatable bonds is 4. The SMILES string of the molecule is Cc1ccccc1C[NH+]1CC[NH+](CN2C(=O)C(=O)c3ccc(F)cc32)CC1. The Bertz CT molecular complexity index is 891. The number of hydrogen-bond acceptors (Lipinski definition) is 2. The quantitative estimate of drug-likeness (QED) is 0.721. The number of carbonyl (C=O) groups is 2. The van der Waals surface area contributed by atoms with Crippen molar-refractivity contribution in [3.8, 4) is 0 Å². The molecule has 2 N–H and O–H groups in total. The second-order valence-electron chi connectivity index (χ2n) is 7.49. The van der Waals surface area contributed by atoms with Crippen LogP contribution in [0.25, 0.3) is 0 Å². The van der Waals surface area contributed by atoms with Crippen molar-refractivity contribution in [2.75, 3.05) is 37.7 Å². The lowest BCUT2D eigenvalue weighted by molar-refractivity contribution is -1.02. The van der Waals surface area contributed by atoms with Crippen LogP contribution in [-0.2, 0) is 11.3 Å². The first kappa shape index (κ1) is 17.8. The molecule has 1 amide bonds. The number of aryl methyl sites for hydroxylation is 1. The number of halogens is 1. The van der Waals surface area contributed by atoms with Gasteiger partial charge in [0.2, 0.25) is 0 Å². The molecule has 4 rings (SSSR count). The van der Waals surface area contributed by atoms with Gasteiger partial charge in [-0.05, 0) is 30.7 Å². The number of ketones is 1. The zero-order valence-corrected chi connectivity index (χ0v) is 15.4. The minimum Gasteiger partial charge on any atom is -0.322 e. The summed E-state index contributed by atoms with van der Waals surface area (Å²) in [5, 5.41) is 0. The lowest BCUT2D eigenvalue weighted by Gasteiger charge is -2.32. The molecule has 0 spiro atoms. The van der Waals surface area contributed by atoms with Gasteiger partial charge in [-0.15, -0.1) is 0 Å². The third-order valence-electron chi connectivity index (χ3n) is 5.68. The Morgan fingerprint density at radius 1 is 1.00 bits per heavy atom. The predicted octanol–water partition coefficient (Wildman–Crippen LogP) is -0.395. The number of nitrogens with zero attached hydrogens (tertiary/aromatic N) is 1. The van der Waals surface area contributed by atoms with Crippen LogP contribution in [0.3, 0.4) is 0 Å². The van der Waals surface area contributed by atoms with E-state index < -0.39 is 17.5 Å². The van der Waals surface area contributed by atoms with E-state index in [9.17, 15) is 14.0 Å². The van der Waals surface area contributed by atoms with E-state index in [1.54, 1.807) is 0 Å². The Kier molecular flexibility index (Phi) is 4.76. The number of fused-ring (bicyclic) bond motifs is 1. The van der Waals surface area contributed by atoms with Gasteiger partial charge in [-0.3, -0.25) is 14.5 Å². The molecule has 0 saturated carbocycles. The van der Waals surface area contributed by atoms with Crippen LogP contribution in [0.1, 0.15) is 21.5 Å². The fourth-order valence-corrected chi connectivity index (χ4v) is 4.02. The predicted molar refractivity (Wildman–Crippen MR) is 99.4 cm³/mol. The van der Waals surface area contributed by atoms with Crippen LogP contribution in [0.15, 0.2) is 42.5 Å². The van der Waals surface area contributed by atoms with Gasteiger partial charge >= 0.3 is 5.91 Å². The molecule has 0 atom stereocenters. The summed E-state index contributed by atoms with van der Waals surface area (Å²) in [6, 6.07) is 12.4. The molecule has 2 aromatic carbocycles. The summed E-state index contributed by atoms with van der Waals surface area (Å²) in [7, 11) is 0. The van der Waals surface area contributed by atoms with Crippen molar-refractivity contribution < 1.29 is 23.8 Å². The zero-order chi connectivity index (χ0) is 19.0. The molecule has 2 aliphatic rings. The fourth-order valence-electron chi connectivity index (χ4n) is 4.02. The molecule has 1 fully saturated rings. The Morgan fingerprint density at radius 2 is 1.70 bits per heavy atom. The molecule has 2 aliphatic heterocycles. The molecule has 2 aromatic rings. The monoisotopic (exact) mass is 369 g/mol. The van der Waals surface area contributed by atoms with Crippen molar-refractivity contribution >= 4 is 17.4 Å². The molecule has 0 unspecified atom stereocenters. The number of amides is 1. The molecular weight excluding hydrogens is 345 g/mol. The van der Waals surface area contributed by atoms with Gasteiger partial charge in [0.1, 0.15) is 38.5 Å². The molecule has 0 bridgehead atoms. The molecule has 140 valence electrons. The van der Waals surface area contributed by atoms with E-state index in [4.69, 9.17) is 0 Å². The van der Waals surface area contributed by atoms with E-state index in [2.05, 4.69) is 31.2 Å². The van der Waals surface area contributed by atoms with Crippen molar-refractivity contribution in [2.24, 2.45) is 0 Å². The minimum absolute atomic E-state index is 0.310. The highest BCUT2D eigenvalue weighted by atomic mass is 19.1. The van der Waals surface area contributed by atoms with Gasteiger partial charge in [0, 0.05) is 5.56 Å². The standard InChI is InChI=1S/C21H22FN3O2/c1-15-4-2-3-5-16(15)13-23-8-10-24(11-9-23)14-25-19-12-17(22)6-7-18(19)20(26)21(25)27/h2-7,12H,8-11,13-14H2,1H3/p+2. The Balaban J connectivity index is 1.39. The van der Waals surface area contributed by atoms with E-state index in [0.717, 1.165) is 32.7 Å². The molecule has 0 radical (unpaired) electrons. The topological polar surface area (TPSA) is 46.3 Å². The van der Waals surface area contributed by atoms with Crippen molar-refractivity contribution in [3.63, 3.8) is 0 Å². The smallest absolute Gasteiger partial charge is 0.303 e. The van der Waals surface area contributed by atoms with Gasteiger partial charge in [-0.1, -0.05) is 24.3 Å². The average molecular weight is 369 g/mol. The minimum atomic E-state index is -0.544. The van der Waals surface area contributed by atoms with Gasteiger partial charge in [-0.25, -0.2) is 4.39 Å². The number of quaternary nitrogens is 2. The number of piperazine rings is 1. The van der Waals surface area contributed by atoms with Crippen LogP contribution < -0.4 is 14.7 Å². The first-order valence-corrected chi connectivity index (χ1v) is 9.40.